The van der Waals surface area contributed by atoms with Gasteiger partial charge in [0.2, 0.25) is 5.91 Å². The Morgan fingerprint density at radius 3 is 2.64 bits per heavy atom. The van der Waals surface area contributed by atoms with Crippen molar-refractivity contribution in [2.45, 2.75) is 38.5 Å². The van der Waals surface area contributed by atoms with Gasteiger partial charge in [-0.15, -0.1) is 24.8 Å². The maximum atomic E-state index is 12.7. The molecule has 2 fully saturated rings. The number of likely N-dealkylation sites (N-methyl/N-ethyl adjacent to an activating group) is 1. The van der Waals surface area contributed by atoms with Crippen LogP contribution < -0.4 is 10.2 Å². The lowest BCUT2D eigenvalue weighted by atomic mass is 10.1. The highest BCUT2D eigenvalue weighted by atomic mass is 35.5. The summed E-state index contributed by atoms with van der Waals surface area (Å²) in [5.74, 6) is 0.105. The van der Waals surface area contributed by atoms with Gasteiger partial charge in [-0.25, -0.2) is 0 Å². The Morgan fingerprint density at radius 1 is 1.28 bits per heavy atom. The number of nitrogens with zero attached hydrogens (tertiary/aromatic N) is 2. The maximum absolute atomic E-state index is 12.7. The van der Waals surface area contributed by atoms with Crippen LogP contribution in [0.25, 0.3) is 0 Å². The number of morpholine rings is 1. The lowest BCUT2D eigenvalue weighted by molar-refractivity contribution is -0.138. The summed E-state index contributed by atoms with van der Waals surface area (Å²) in [4.78, 5) is 17.0. The number of hydrogen-bond donors (Lipinski definition) is 1. The molecule has 0 bridgehead atoms. The zero-order valence-electron chi connectivity index (χ0n) is 14.9. The molecule has 142 valence electrons. The van der Waals surface area contributed by atoms with Crippen molar-refractivity contribution in [2.24, 2.45) is 0 Å². The van der Waals surface area contributed by atoms with Crippen LogP contribution in [0.5, 0.6) is 0 Å². The Bertz CT molecular complexity index is 553. The molecule has 2 aliphatic rings. The molecule has 0 unspecified atom stereocenters. The third kappa shape index (κ3) is 5.23. The van der Waals surface area contributed by atoms with E-state index in [2.05, 4.69) is 34.5 Å². The van der Waals surface area contributed by atoms with E-state index < -0.39 is 0 Å². The number of benzene rings is 1. The van der Waals surface area contributed by atoms with Crippen molar-refractivity contribution in [2.75, 3.05) is 38.2 Å². The van der Waals surface area contributed by atoms with Crippen molar-refractivity contribution in [1.29, 1.82) is 0 Å². The monoisotopic (exact) mass is 389 g/mol. The fraction of sp³-hybridized carbons (Fsp3) is 0.611. The van der Waals surface area contributed by atoms with Crippen molar-refractivity contribution in [3.05, 3.63) is 29.8 Å². The molecule has 2 atom stereocenters. The smallest absolute Gasteiger partial charge is 0.242 e. The van der Waals surface area contributed by atoms with Crippen molar-refractivity contribution in [1.82, 2.24) is 10.2 Å². The number of nitrogens with one attached hydrogen (secondary N) is 1. The molecular formula is C18H29Cl2N3O2. The van der Waals surface area contributed by atoms with Crippen molar-refractivity contribution in [3.63, 3.8) is 0 Å². The van der Waals surface area contributed by atoms with Gasteiger partial charge >= 0.3 is 0 Å². The van der Waals surface area contributed by atoms with Crippen molar-refractivity contribution < 1.29 is 9.53 Å². The van der Waals surface area contributed by atoms with Crippen LogP contribution in [0.1, 0.15) is 25.3 Å². The largest absolute Gasteiger partial charge is 0.375 e. The zero-order chi connectivity index (χ0) is 16.2. The Labute approximate surface area is 162 Å². The highest BCUT2D eigenvalue weighted by Gasteiger charge is 2.30. The van der Waals surface area contributed by atoms with E-state index in [-0.39, 0.29) is 42.9 Å². The number of rotatable bonds is 4. The first-order valence-corrected chi connectivity index (χ1v) is 8.59. The van der Waals surface area contributed by atoms with E-state index in [1.54, 1.807) is 0 Å². The van der Waals surface area contributed by atoms with Crippen LogP contribution in [0.2, 0.25) is 0 Å². The molecule has 2 saturated heterocycles. The van der Waals surface area contributed by atoms with Crippen molar-refractivity contribution >= 4 is 36.4 Å². The number of carbonyl (C=O) groups is 1. The van der Waals surface area contributed by atoms with Gasteiger partial charge in [-0.3, -0.25) is 4.79 Å². The molecule has 2 aliphatic heterocycles. The van der Waals surface area contributed by atoms with Crippen LogP contribution in [0, 0.1) is 0 Å². The molecular weight excluding hydrogens is 361 g/mol. The van der Waals surface area contributed by atoms with Crippen LogP contribution in [-0.4, -0.2) is 56.2 Å². The van der Waals surface area contributed by atoms with Gasteiger partial charge in [0.15, 0.2) is 0 Å². The Balaban J connectivity index is 0.00000156. The van der Waals surface area contributed by atoms with E-state index in [9.17, 15) is 4.79 Å². The van der Waals surface area contributed by atoms with E-state index in [0.29, 0.717) is 13.2 Å². The number of para-hydroxylation sites is 1. The summed E-state index contributed by atoms with van der Waals surface area (Å²) in [6.45, 7) is 6.23. The average Bonchev–Trinajstić information content (AvgIpc) is 3.09. The molecule has 0 aromatic heterocycles. The van der Waals surface area contributed by atoms with Gasteiger partial charge in [0.25, 0.3) is 0 Å². The first-order chi connectivity index (χ1) is 11.2. The second-order valence-electron chi connectivity index (χ2n) is 6.52. The van der Waals surface area contributed by atoms with E-state index in [4.69, 9.17) is 4.74 Å². The number of ether oxygens (including phenoxy) is 1. The first kappa shape index (κ1) is 22.0. The SMILES string of the molecule is C[C@H]1OCCN[C@@H]1C(=O)N(C)Cc1ccccc1N1CCCC1.Cl.Cl. The molecule has 1 aromatic carbocycles. The predicted molar refractivity (Wildman–Crippen MR) is 106 cm³/mol. The Kier molecular flexibility index (Phi) is 9.00. The van der Waals surface area contributed by atoms with Gasteiger partial charge in [-0.2, -0.15) is 0 Å². The Hall–Kier alpha value is -1.01. The van der Waals surface area contributed by atoms with E-state index in [0.717, 1.165) is 19.6 Å². The minimum absolute atomic E-state index is 0. The number of halogens is 2. The lowest BCUT2D eigenvalue weighted by Crippen LogP contribution is -2.55. The maximum Gasteiger partial charge on any atom is 0.242 e. The molecule has 2 heterocycles. The highest BCUT2D eigenvalue weighted by Crippen LogP contribution is 2.25. The van der Waals surface area contributed by atoms with E-state index in [1.807, 2.05) is 18.9 Å². The minimum Gasteiger partial charge on any atom is -0.375 e. The molecule has 0 spiro atoms. The van der Waals surface area contributed by atoms with E-state index >= 15 is 0 Å². The van der Waals surface area contributed by atoms with Crippen LogP contribution >= 0.6 is 24.8 Å². The van der Waals surface area contributed by atoms with Gasteiger partial charge in [-0.05, 0) is 31.4 Å². The van der Waals surface area contributed by atoms with Gasteiger partial charge in [0.05, 0.1) is 12.7 Å². The van der Waals surface area contributed by atoms with Crippen LogP contribution in [0.4, 0.5) is 5.69 Å². The van der Waals surface area contributed by atoms with Gasteiger partial charge in [-0.1, -0.05) is 18.2 Å². The summed E-state index contributed by atoms with van der Waals surface area (Å²) in [6.07, 6.45) is 2.43. The second-order valence-corrected chi connectivity index (χ2v) is 6.52. The average molecular weight is 390 g/mol. The third-order valence-corrected chi connectivity index (χ3v) is 4.80. The summed E-state index contributed by atoms with van der Waals surface area (Å²) in [5, 5.41) is 3.28. The minimum atomic E-state index is -0.243. The van der Waals surface area contributed by atoms with Crippen LogP contribution in [0.3, 0.4) is 0 Å². The molecule has 3 rings (SSSR count). The summed E-state index contributed by atoms with van der Waals surface area (Å²) in [7, 11) is 1.88. The van der Waals surface area contributed by atoms with Gasteiger partial charge in [0.1, 0.15) is 6.04 Å². The fourth-order valence-corrected chi connectivity index (χ4v) is 3.49. The molecule has 0 saturated carbocycles. The van der Waals surface area contributed by atoms with Crippen molar-refractivity contribution in [3.8, 4) is 0 Å². The molecule has 25 heavy (non-hydrogen) atoms. The first-order valence-electron chi connectivity index (χ1n) is 8.59. The highest BCUT2D eigenvalue weighted by molar-refractivity contribution is 5.85. The predicted octanol–water partition coefficient (Wildman–Crippen LogP) is 2.47. The molecule has 5 nitrogen and oxygen atoms in total. The molecule has 1 amide bonds. The number of carbonyl (C=O) groups excluding carboxylic acids is 1. The van der Waals surface area contributed by atoms with E-state index in [1.165, 1.54) is 24.1 Å². The molecule has 0 radical (unpaired) electrons. The number of hydrogen-bond acceptors (Lipinski definition) is 4. The lowest BCUT2D eigenvalue weighted by Gasteiger charge is -2.33. The second kappa shape index (κ2) is 10.2. The zero-order valence-corrected chi connectivity index (χ0v) is 16.6. The standard InChI is InChI=1S/C18H27N3O2.2ClH/c1-14-17(19-9-12-23-14)18(22)20(2)13-15-7-3-4-8-16(15)21-10-5-6-11-21;;/h3-4,7-8,14,17,19H,5-6,9-13H2,1-2H3;2*1H/t14-,17+;;/m1../s1. The van der Waals surface area contributed by atoms with Crippen LogP contribution in [-0.2, 0) is 16.1 Å². The quantitative estimate of drug-likeness (QED) is 0.858. The van der Waals surface area contributed by atoms with Gasteiger partial charge in [0, 0.05) is 38.9 Å². The Morgan fingerprint density at radius 2 is 1.96 bits per heavy atom. The van der Waals surface area contributed by atoms with Crippen LogP contribution in [0.15, 0.2) is 24.3 Å². The summed E-state index contributed by atoms with van der Waals surface area (Å²) in [6, 6.07) is 8.19. The topological polar surface area (TPSA) is 44.8 Å². The summed E-state index contributed by atoms with van der Waals surface area (Å²) >= 11 is 0. The molecule has 7 heteroatoms. The molecule has 1 aromatic rings. The fourth-order valence-electron chi connectivity index (χ4n) is 3.49. The molecule has 1 N–H and O–H groups in total. The third-order valence-electron chi connectivity index (χ3n) is 4.80. The summed E-state index contributed by atoms with van der Waals surface area (Å²) < 4.78 is 5.60. The number of amides is 1. The molecule has 0 aliphatic carbocycles. The van der Waals surface area contributed by atoms with Gasteiger partial charge < -0.3 is 19.9 Å². The number of anilines is 1. The normalized spacial score (nSPS) is 22.7. The summed E-state index contributed by atoms with van der Waals surface area (Å²) in [5.41, 5.74) is 2.49.